The predicted molar refractivity (Wildman–Crippen MR) is 109 cm³/mol. The lowest BCUT2D eigenvalue weighted by molar-refractivity contribution is 0.331. The quantitative estimate of drug-likeness (QED) is 0.582. The number of aromatic nitrogens is 1. The molecule has 1 fully saturated rings. The summed E-state index contributed by atoms with van der Waals surface area (Å²) in [6.45, 7) is 4.92. The zero-order chi connectivity index (χ0) is 18.9. The van der Waals surface area contributed by atoms with Gasteiger partial charge in [0.2, 0.25) is 5.88 Å². The first-order chi connectivity index (χ1) is 13.3. The molecule has 0 radical (unpaired) electrons. The molecule has 6 nitrogen and oxygen atoms in total. The van der Waals surface area contributed by atoms with Gasteiger partial charge in [-0.2, -0.15) is 0 Å². The maximum atomic E-state index is 5.16. The van der Waals surface area contributed by atoms with E-state index in [0.29, 0.717) is 12.4 Å². The lowest BCUT2D eigenvalue weighted by Crippen LogP contribution is -2.36. The van der Waals surface area contributed by atoms with Crippen LogP contribution in [0.3, 0.4) is 0 Å². The van der Waals surface area contributed by atoms with E-state index in [4.69, 9.17) is 4.74 Å². The average Bonchev–Trinajstić information content (AvgIpc) is 3.22. The monoisotopic (exact) mass is 367 g/mol. The molecule has 1 aliphatic heterocycles. The summed E-state index contributed by atoms with van der Waals surface area (Å²) in [4.78, 5) is 10.9. The number of guanidine groups is 1. The highest BCUT2D eigenvalue weighted by molar-refractivity contribution is 5.79. The zero-order valence-corrected chi connectivity index (χ0v) is 16.2. The summed E-state index contributed by atoms with van der Waals surface area (Å²) in [5.41, 5.74) is 3.72. The van der Waals surface area contributed by atoms with Gasteiger partial charge >= 0.3 is 0 Å². The largest absolute Gasteiger partial charge is 0.481 e. The summed E-state index contributed by atoms with van der Waals surface area (Å²) in [6, 6.07) is 12.7. The van der Waals surface area contributed by atoms with Crippen LogP contribution < -0.4 is 15.4 Å². The van der Waals surface area contributed by atoms with Gasteiger partial charge < -0.3 is 15.4 Å². The lowest BCUT2D eigenvalue weighted by Gasteiger charge is -2.15. The predicted octanol–water partition coefficient (Wildman–Crippen LogP) is 2.55. The van der Waals surface area contributed by atoms with Crippen molar-refractivity contribution in [2.45, 2.75) is 32.5 Å². The zero-order valence-electron chi connectivity index (χ0n) is 16.2. The van der Waals surface area contributed by atoms with Crippen molar-refractivity contribution in [2.75, 3.05) is 27.2 Å². The summed E-state index contributed by atoms with van der Waals surface area (Å²) in [6.07, 6.45) is 4.41. The minimum Gasteiger partial charge on any atom is -0.481 e. The minimum absolute atomic E-state index is 0.617. The first-order valence-corrected chi connectivity index (χ1v) is 9.50. The van der Waals surface area contributed by atoms with Crippen LogP contribution in [0.1, 0.15) is 29.5 Å². The van der Waals surface area contributed by atoms with E-state index in [2.05, 4.69) is 49.8 Å². The molecule has 144 valence electrons. The number of likely N-dealkylation sites (tertiary alicyclic amines) is 1. The molecule has 0 atom stereocenters. The normalized spacial score (nSPS) is 15.0. The Labute approximate surface area is 161 Å². The van der Waals surface area contributed by atoms with Crippen molar-refractivity contribution in [2.24, 2.45) is 4.99 Å². The Morgan fingerprint density at radius 1 is 1.04 bits per heavy atom. The summed E-state index contributed by atoms with van der Waals surface area (Å²) in [7, 11) is 3.40. The fourth-order valence-corrected chi connectivity index (χ4v) is 3.23. The molecule has 0 bridgehead atoms. The van der Waals surface area contributed by atoms with E-state index in [1.807, 2.05) is 12.1 Å². The molecule has 0 amide bonds. The number of methoxy groups -OCH3 is 1. The van der Waals surface area contributed by atoms with Crippen LogP contribution in [0.4, 0.5) is 0 Å². The van der Waals surface area contributed by atoms with Crippen LogP contribution in [0.2, 0.25) is 0 Å². The molecule has 2 aromatic rings. The fraction of sp³-hybridized carbons (Fsp3) is 0.429. The van der Waals surface area contributed by atoms with Gasteiger partial charge in [-0.15, -0.1) is 0 Å². The Balaban J connectivity index is 1.45. The van der Waals surface area contributed by atoms with Gasteiger partial charge in [-0.1, -0.05) is 24.3 Å². The first-order valence-electron chi connectivity index (χ1n) is 9.50. The second-order valence-corrected chi connectivity index (χ2v) is 6.79. The number of hydrogen-bond donors (Lipinski definition) is 2. The van der Waals surface area contributed by atoms with E-state index in [1.165, 1.54) is 37.1 Å². The number of benzene rings is 1. The molecule has 0 aliphatic carbocycles. The van der Waals surface area contributed by atoms with Crippen LogP contribution in [0.5, 0.6) is 5.88 Å². The molecule has 1 aliphatic rings. The second kappa shape index (κ2) is 9.92. The number of aliphatic imine (C=N–C) groups is 1. The standard InChI is InChI=1S/C21H29N5O/c1-22-21(25-15-19-9-10-23-20(13-19)27-2)24-14-17-5-7-18(8-6-17)16-26-11-3-4-12-26/h5-10,13H,3-4,11-12,14-16H2,1-2H3,(H2,22,24,25). The molecule has 0 unspecified atom stereocenters. The van der Waals surface area contributed by atoms with Crippen molar-refractivity contribution in [1.29, 1.82) is 0 Å². The Kier molecular flexibility index (Phi) is 7.04. The molecule has 2 N–H and O–H groups in total. The minimum atomic E-state index is 0.617. The molecule has 0 saturated carbocycles. The van der Waals surface area contributed by atoms with Gasteiger partial charge in [0, 0.05) is 38.9 Å². The molecule has 1 aromatic carbocycles. The Hall–Kier alpha value is -2.60. The summed E-state index contributed by atoms with van der Waals surface area (Å²) in [5, 5.41) is 6.67. The second-order valence-electron chi connectivity index (χ2n) is 6.79. The van der Waals surface area contributed by atoms with Gasteiger partial charge in [-0.3, -0.25) is 9.89 Å². The molecular weight excluding hydrogens is 338 g/mol. The molecule has 6 heteroatoms. The van der Waals surface area contributed by atoms with Crippen LogP contribution in [0.15, 0.2) is 47.6 Å². The molecular formula is C21H29N5O. The molecule has 1 aromatic heterocycles. The van der Waals surface area contributed by atoms with Crippen molar-refractivity contribution in [1.82, 2.24) is 20.5 Å². The van der Waals surface area contributed by atoms with Crippen molar-refractivity contribution in [3.63, 3.8) is 0 Å². The van der Waals surface area contributed by atoms with Gasteiger partial charge in [0.15, 0.2) is 5.96 Å². The van der Waals surface area contributed by atoms with Gasteiger partial charge in [-0.25, -0.2) is 4.98 Å². The van der Waals surface area contributed by atoms with Crippen molar-refractivity contribution < 1.29 is 4.74 Å². The van der Waals surface area contributed by atoms with Gasteiger partial charge in [0.25, 0.3) is 0 Å². The van der Waals surface area contributed by atoms with Gasteiger partial charge in [-0.05, 0) is 48.7 Å². The van der Waals surface area contributed by atoms with Crippen LogP contribution in [0, 0.1) is 0 Å². The smallest absolute Gasteiger partial charge is 0.213 e. The number of rotatable bonds is 7. The van der Waals surface area contributed by atoms with Gasteiger partial charge in [0.05, 0.1) is 7.11 Å². The number of nitrogens with zero attached hydrogens (tertiary/aromatic N) is 3. The highest BCUT2D eigenvalue weighted by Crippen LogP contribution is 2.13. The van der Waals surface area contributed by atoms with E-state index in [1.54, 1.807) is 20.4 Å². The number of nitrogens with one attached hydrogen (secondary N) is 2. The molecule has 2 heterocycles. The first kappa shape index (κ1) is 19.2. The van der Waals surface area contributed by atoms with Crippen LogP contribution in [0.25, 0.3) is 0 Å². The van der Waals surface area contributed by atoms with Gasteiger partial charge in [0.1, 0.15) is 0 Å². The number of ether oxygens (including phenoxy) is 1. The van der Waals surface area contributed by atoms with E-state index >= 15 is 0 Å². The van der Waals surface area contributed by atoms with E-state index < -0.39 is 0 Å². The highest BCUT2D eigenvalue weighted by Gasteiger charge is 2.11. The molecule has 0 spiro atoms. The van der Waals surface area contributed by atoms with Crippen molar-refractivity contribution in [3.05, 3.63) is 59.3 Å². The topological polar surface area (TPSA) is 61.8 Å². The molecule has 3 rings (SSSR count). The van der Waals surface area contributed by atoms with E-state index in [9.17, 15) is 0 Å². The van der Waals surface area contributed by atoms with Crippen molar-refractivity contribution in [3.8, 4) is 5.88 Å². The van der Waals surface area contributed by atoms with Crippen LogP contribution >= 0.6 is 0 Å². The SMILES string of the molecule is CN=C(NCc1ccc(CN2CCCC2)cc1)NCc1ccnc(OC)c1. The maximum Gasteiger partial charge on any atom is 0.213 e. The maximum absolute atomic E-state index is 5.16. The number of pyridine rings is 1. The highest BCUT2D eigenvalue weighted by atomic mass is 16.5. The summed E-state index contributed by atoms with van der Waals surface area (Å²) < 4.78 is 5.16. The average molecular weight is 367 g/mol. The molecule has 1 saturated heterocycles. The summed E-state index contributed by atoms with van der Waals surface area (Å²) in [5.74, 6) is 1.39. The fourth-order valence-electron chi connectivity index (χ4n) is 3.23. The Morgan fingerprint density at radius 3 is 2.37 bits per heavy atom. The number of hydrogen-bond acceptors (Lipinski definition) is 4. The Bertz CT molecular complexity index is 738. The van der Waals surface area contributed by atoms with Crippen molar-refractivity contribution >= 4 is 5.96 Å². The van der Waals surface area contributed by atoms with Crippen LogP contribution in [-0.2, 0) is 19.6 Å². The van der Waals surface area contributed by atoms with E-state index in [0.717, 1.165) is 24.6 Å². The lowest BCUT2D eigenvalue weighted by atomic mass is 10.1. The third kappa shape index (κ3) is 5.96. The third-order valence-corrected chi connectivity index (χ3v) is 4.78. The van der Waals surface area contributed by atoms with Crippen LogP contribution in [-0.4, -0.2) is 43.1 Å². The summed E-state index contributed by atoms with van der Waals surface area (Å²) >= 11 is 0. The third-order valence-electron chi connectivity index (χ3n) is 4.78. The molecule has 27 heavy (non-hydrogen) atoms. The van der Waals surface area contributed by atoms with E-state index in [-0.39, 0.29) is 0 Å². The Morgan fingerprint density at radius 2 is 1.70 bits per heavy atom.